The molecule has 1 aliphatic heterocycles. The van der Waals surface area contributed by atoms with Gasteiger partial charge in [0.1, 0.15) is 12.4 Å². The van der Waals surface area contributed by atoms with Gasteiger partial charge in [-0.25, -0.2) is 4.68 Å². The van der Waals surface area contributed by atoms with Crippen LogP contribution in [0.15, 0.2) is 24.3 Å². The molecule has 0 saturated heterocycles. The highest BCUT2D eigenvalue weighted by Crippen LogP contribution is 2.34. The fourth-order valence-electron chi connectivity index (χ4n) is 2.77. The van der Waals surface area contributed by atoms with E-state index in [1.807, 2.05) is 12.1 Å². The van der Waals surface area contributed by atoms with Crippen LogP contribution in [0.25, 0.3) is 0 Å². The predicted octanol–water partition coefficient (Wildman–Crippen LogP) is 2.23. The first-order valence-electron chi connectivity index (χ1n) is 8.53. The number of hydrogen-bond donors (Lipinski definition) is 2. The Bertz CT molecular complexity index is 823. The summed E-state index contributed by atoms with van der Waals surface area (Å²) in [5.41, 5.74) is 2.78. The topological polar surface area (TPSA) is 85.2 Å². The molecule has 0 unspecified atom stereocenters. The third kappa shape index (κ3) is 5.24. The van der Waals surface area contributed by atoms with Gasteiger partial charge in [-0.05, 0) is 17.7 Å². The van der Waals surface area contributed by atoms with Crippen LogP contribution in [0.3, 0.4) is 0 Å². The van der Waals surface area contributed by atoms with Crippen LogP contribution in [-0.2, 0) is 38.8 Å². The number of fused-ring (bicyclic) bond motifs is 1. The van der Waals surface area contributed by atoms with Crippen LogP contribution in [0.1, 0.15) is 16.8 Å². The molecule has 1 aromatic carbocycles. The fraction of sp³-hybridized carbons (Fsp3) is 0.389. The van der Waals surface area contributed by atoms with Crippen LogP contribution in [0.5, 0.6) is 0 Å². The molecule has 1 aromatic heterocycles. The smallest absolute Gasteiger partial charge is 0.241 e. The second-order valence-corrected chi connectivity index (χ2v) is 7.54. The van der Waals surface area contributed by atoms with E-state index in [4.69, 9.17) is 16.3 Å². The van der Waals surface area contributed by atoms with Crippen molar-refractivity contribution in [3.05, 3.63) is 46.1 Å². The largest absolute Gasteiger partial charge is 0.383 e. The van der Waals surface area contributed by atoms with Gasteiger partial charge in [0.2, 0.25) is 11.8 Å². The molecule has 2 aromatic rings. The first kappa shape index (κ1) is 19.7. The first-order valence-corrected chi connectivity index (χ1v) is 10.1. The second kappa shape index (κ2) is 9.25. The molecular formula is C18H21ClN4O3S. The Hall–Kier alpha value is -2.03. The molecule has 0 spiro atoms. The maximum absolute atomic E-state index is 12.5. The van der Waals surface area contributed by atoms with Crippen molar-refractivity contribution in [1.29, 1.82) is 0 Å². The lowest BCUT2D eigenvalue weighted by Crippen LogP contribution is -2.31. The molecular weight excluding hydrogens is 388 g/mol. The van der Waals surface area contributed by atoms with E-state index >= 15 is 0 Å². The van der Waals surface area contributed by atoms with Crippen molar-refractivity contribution >= 4 is 41.0 Å². The van der Waals surface area contributed by atoms with Crippen molar-refractivity contribution in [2.45, 2.75) is 24.5 Å². The molecule has 0 atom stereocenters. The molecule has 2 heterocycles. The normalized spacial score (nSPS) is 12.7. The molecule has 9 heteroatoms. The summed E-state index contributed by atoms with van der Waals surface area (Å²) in [5, 5.41) is 10.8. The van der Waals surface area contributed by atoms with Crippen molar-refractivity contribution < 1.29 is 14.3 Å². The van der Waals surface area contributed by atoms with Gasteiger partial charge in [0.05, 0.1) is 18.7 Å². The second-order valence-electron chi connectivity index (χ2n) is 6.12. The third-order valence-electron chi connectivity index (χ3n) is 4.08. The van der Waals surface area contributed by atoms with Gasteiger partial charge in [-0.3, -0.25) is 9.59 Å². The Labute approximate surface area is 166 Å². The lowest BCUT2D eigenvalue weighted by Gasteiger charge is -2.11. The van der Waals surface area contributed by atoms with E-state index in [1.54, 1.807) is 35.7 Å². The quantitative estimate of drug-likeness (QED) is 0.654. The summed E-state index contributed by atoms with van der Waals surface area (Å²) in [6.07, 6.45) is 0.226. The maximum Gasteiger partial charge on any atom is 0.241 e. The van der Waals surface area contributed by atoms with Crippen LogP contribution in [0.4, 0.5) is 5.82 Å². The molecule has 27 heavy (non-hydrogen) atoms. The predicted molar refractivity (Wildman–Crippen MR) is 106 cm³/mol. The highest BCUT2D eigenvalue weighted by molar-refractivity contribution is 7.98. The van der Waals surface area contributed by atoms with Gasteiger partial charge in [-0.15, -0.1) is 0 Å². The van der Waals surface area contributed by atoms with E-state index in [9.17, 15) is 9.59 Å². The van der Waals surface area contributed by atoms with Gasteiger partial charge in [0, 0.05) is 35.7 Å². The number of nitrogens with zero attached hydrogens (tertiary/aromatic N) is 2. The van der Waals surface area contributed by atoms with Gasteiger partial charge in [0.25, 0.3) is 0 Å². The zero-order valence-electron chi connectivity index (χ0n) is 15.0. The molecule has 0 fully saturated rings. The molecule has 3 rings (SSSR count). The standard InChI is InChI=1S/C18H21ClN4O3S/c1-26-7-6-20-17(25)9-23-18(14-10-27-11-15(14)22-23)21-16(24)8-12-2-4-13(19)5-3-12/h2-5H,6-11H2,1H3,(H,20,25)(H,21,24). The molecule has 0 bridgehead atoms. The van der Waals surface area contributed by atoms with Crippen LogP contribution in [0.2, 0.25) is 5.02 Å². The molecule has 144 valence electrons. The summed E-state index contributed by atoms with van der Waals surface area (Å²) >= 11 is 7.62. The highest BCUT2D eigenvalue weighted by atomic mass is 35.5. The molecule has 0 saturated carbocycles. The van der Waals surface area contributed by atoms with Gasteiger partial charge >= 0.3 is 0 Å². The van der Waals surface area contributed by atoms with Crippen LogP contribution in [-0.4, -0.2) is 41.9 Å². The Morgan fingerprint density at radius 1 is 1.26 bits per heavy atom. The van der Waals surface area contributed by atoms with Crippen molar-refractivity contribution in [1.82, 2.24) is 15.1 Å². The summed E-state index contributed by atoms with van der Waals surface area (Å²) in [6.45, 7) is 0.936. The number of hydrogen-bond acceptors (Lipinski definition) is 5. The minimum absolute atomic E-state index is 0.0535. The maximum atomic E-state index is 12.5. The number of halogens is 1. The number of methoxy groups -OCH3 is 1. The molecule has 0 radical (unpaired) electrons. The number of carbonyl (C=O) groups excluding carboxylic acids is 2. The number of aromatic nitrogens is 2. The lowest BCUT2D eigenvalue weighted by molar-refractivity contribution is -0.122. The molecule has 2 N–H and O–H groups in total. The summed E-state index contributed by atoms with van der Waals surface area (Å²) in [5.74, 6) is 1.84. The summed E-state index contributed by atoms with van der Waals surface area (Å²) in [7, 11) is 1.58. The van der Waals surface area contributed by atoms with Gasteiger partial charge in [0.15, 0.2) is 0 Å². The summed E-state index contributed by atoms with van der Waals surface area (Å²) in [4.78, 5) is 24.6. The molecule has 2 amide bonds. The van der Waals surface area contributed by atoms with Crippen molar-refractivity contribution in [2.24, 2.45) is 0 Å². The number of rotatable bonds is 8. The average Bonchev–Trinajstić information content (AvgIpc) is 3.20. The zero-order chi connectivity index (χ0) is 19.2. The van der Waals surface area contributed by atoms with Gasteiger partial charge in [-0.2, -0.15) is 16.9 Å². The van der Waals surface area contributed by atoms with E-state index in [-0.39, 0.29) is 24.8 Å². The molecule has 0 aliphatic carbocycles. The van der Waals surface area contributed by atoms with Crippen molar-refractivity contribution in [3.8, 4) is 0 Å². The number of benzene rings is 1. The van der Waals surface area contributed by atoms with Crippen molar-refractivity contribution in [3.63, 3.8) is 0 Å². The van der Waals surface area contributed by atoms with E-state index in [2.05, 4.69) is 15.7 Å². The number of anilines is 1. The van der Waals surface area contributed by atoms with E-state index < -0.39 is 0 Å². The molecule has 7 nitrogen and oxygen atoms in total. The monoisotopic (exact) mass is 408 g/mol. The lowest BCUT2D eigenvalue weighted by atomic mass is 10.1. The summed E-state index contributed by atoms with van der Waals surface area (Å²) in [6, 6.07) is 7.16. The summed E-state index contributed by atoms with van der Waals surface area (Å²) < 4.78 is 6.50. The average molecular weight is 409 g/mol. The van der Waals surface area contributed by atoms with E-state index in [0.717, 1.165) is 28.3 Å². The van der Waals surface area contributed by atoms with E-state index in [1.165, 1.54) is 0 Å². The van der Waals surface area contributed by atoms with Gasteiger partial charge in [-0.1, -0.05) is 23.7 Å². The van der Waals surface area contributed by atoms with E-state index in [0.29, 0.717) is 24.0 Å². The Balaban J connectivity index is 1.69. The van der Waals surface area contributed by atoms with Gasteiger partial charge < -0.3 is 15.4 Å². The number of ether oxygens (including phenoxy) is 1. The molecule has 1 aliphatic rings. The Morgan fingerprint density at radius 3 is 2.78 bits per heavy atom. The minimum Gasteiger partial charge on any atom is -0.383 e. The number of thioether (sulfide) groups is 1. The fourth-order valence-corrected chi connectivity index (χ4v) is 3.93. The first-order chi connectivity index (χ1) is 13.1. The SMILES string of the molecule is COCCNC(=O)Cn1nc2c(c1NC(=O)Cc1ccc(Cl)cc1)CSC2. The van der Waals surface area contributed by atoms with Crippen LogP contribution < -0.4 is 10.6 Å². The van der Waals surface area contributed by atoms with Crippen molar-refractivity contribution in [2.75, 3.05) is 25.6 Å². The number of nitrogens with one attached hydrogen (secondary N) is 2. The number of amides is 2. The third-order valence-corrected chi connectivity index (χ3v) is 5.30. The minimum atomic E-state index is -0.172. The number of carbonyl (C=O) groups is 2. The Morgan fingerprint density at radius 2 is 2.04 bits per heavy atom. The zero-order valence-corrected chi connectivity index (χ0v) is 16.5. The highest BCUT2D eigenvalue weighted by Gasteiger charge is 2.24. The van der Waals surface area contributed by atoms with Crippen LogP contribution in [0, 0.1) is 0 Å². The Kier molecular flexibility index (Phi) is 6.76. The van der Waals surface area contributed by atoms with Crippen LogP contribution >= 0.6 is 23.4 Å².